The molecule has 0 aromatic heterocycles. The molecule has 0 heterocycles. The molecule has 0 saturated heterocycles. The molecule has 0 amide bonds. The fourth-order valence-electron chi connectivity index (χ4n) is 3.97. The van der Waals surface area contributed by atoms with E-state index in [1.54, 1.807) is 0 Å². The Kier molecular flexibility index (Phi) is 7.91. The second kappa shape index (κ2) is 11.0. The molecule has 0 spiro atoms. The molecule has 1 aliphatic carbocycles. The van der Waals surface area contributed by atoms with Gasteiger partial charge >= 0.3 is 0 Å². The first-order valence-electron chi connectivity index (χ1n) is 10.5. The third-order valence-electron chi connectivity index (χ3n) is 5.33. The summed E-state index contributed by atoms with van der Waals surface area (Å²) in [6, 6.07) is 43.9. The number of allylic oxidation sites excluding steroid dienone is 4. The van der Waals surface area contributed by atoms with Gasteiger partial charge in [-0.15, -0.1) is 6.42 Å². The topological polar surface area (TPSA) is 0 Å². The molecular weight excluding hydrogens is 466 g/mol. The summed E-state index contributed by atoms with van der Waals surface area (Å²) in [7, 11) is -1.28. The SMILES string of the molecule is [C-]1=C(P(c2ccccc2)c2ccccc2)C(P(c2ccccc2)c2ccccc2)=CC1.[Fe]. The molecule has 0 aliphatic heterocycles. The number of hydrogen-bond donors (Lipinski definition) is 0. The van der Waals surface area contributed by atoms with Crippen LogP contribution in [0.3, 0.4) is 0 Å². The zero-order valence-electron chi connectivity index (χ0n) is 17.6. The van der Waals surface area contributed by atoms with E-state index in [1.165, 1.54) is 31.8 Å². The van der Waals surface area contributed by atoms with Crippen LogP contribution in [0.15, 0.2) is 138 Å². The van der Waals surface area contributed by atoms with Gasteiger partial charge in [0.15, 0.2) is 0 Å². The van der Waals surface area contributed by atoms with E-state index in [4.69, 9.17) is 0 Å². The van der Waals surface area contributed by atoms with E-state index in [0.717, 1.165) is 6.42 Å². The molecule has 32 heavy (non-hydrogen) atoms. The van der Waals surface area contributed by atoms with E-state index in [0.29, 0.717) is 0 Å². The van der Waals surface area contributed by atoms with Crippen LogP contribution in [0, 0.1) is 6.08 Å². The van der Waals surface area contributed by atoms with Crippen molar-refractivity contribution in [2.24, 2.45) is 0 Å². The molecule has 0 atom stereocenters. The van der Waals surface area contributed by atoms with E-state index in [2.05, 4.69) is 133 Å². The van der Waals surface area contributed by atoms with Gasteiger partial charge in [0.25, 0.3) is 0 Å². The minimum Gasteiger partial charge on any atom is -0.264 e. The van der Waals surface area contributed by atoms with Crippen LogP contribution in [0.5, 0.6) is 0 Å². The predicted molar refractivity (Wildman–Crippen MR) is 138 cm³/mol. The Bertz CT molecular complexity index is 1010. The number of benzene rings is 4. The quantitative estimate of drug-likeness (QED) is 0.171. The first kappa shape index (κ1) is 22.9. The fourth-order valence-corrected chi connectivity index (χ4v) is 9.25. The molecule has 3 heteroatoms. The van der Waals surface area contributed by atoms with Crippen LogP contribution in [0.2, 0.25) is 0 Å². The molecule has 0 N–H and O–H groups in total. The Morgan fingerprint density at radius 2 is 0.812 bits per heavy atom. The van der Waals surface area contributed by atoms with Crippen LogP contribution in [0.25, 0.3) is 0 Å². The van der Waals surface area contributed by atoms with Gasteiger partial charge in [0.1, 0.15) is 0 Å². The fraction of sp³-hybridized carbons (Fsp3) is 0.0345. The second-order valence-corrected chi connectivity index (χ2v) is 11.7. The van der Waals surface area contributed by atoms with Crippen molar-refractivity contribution in [2.45, 2.75) is 6.42 Å². The molecule has 5 rings (SSSR count). The van der Waals surface area contributed by atoms with Gasteiger partial charge in [0.2, 0.25) is 0 Å². The average molecular weight is 489 g/mol. The maximum Gasteiger partial charge on any atom is 0 e. The Morgan fingerprint density at radius 3 is 1.19 bits per heavy atom. The second-order valence-electron chi connectivity index (χ2n) is 7.33. The monoisotopic (exact) mass is 489 g/mol. The minimum atomic E-state index is -0.651. The molecule has 0 radical (unpaired) electrons. The van der Waals surface area contributed by atoms with Crippen molar-refractivity contribution in [1.82, 2.24) is 0 Å². The standard InChI is InChI=1S/C29H23P2.Fe/c1-5-14-24(15-6-1)30(25-16-7-2-8-17-25)28-22-13-23-29(28)31(26-18-9-3-10-19-26)27-20-11-4-12-21-27;/h1-12,14-22H,13H2;/q-1;. The van der Waals surface area contributed by atoms with Gasteiger partial charge in [0, 0.05) is 17.1 Å². The molecule has 0 fully saturated rings. The summed E-state index contributed by atoms with van der Waals surface area (Å²) in [5, 5.41) is 8.42. The molecule has 158 valence electrons. The van der Waals surface area contributed by atoms with Crippen LogP contribution in [-0.2, 0) is 17.1 Å². The Balaban J connectivity index is 0.00000245. The van der Waals surface area contributed by atoms with Crippen LogP contribution >= 0.6 is 15.8 Å². The van der Waals surface area contributed by atoms with Crippen molar-refractivity contribution < 1.29 is 17.1 Å². The molecule has 1 aliphatic rings. The van der Waals surface area contributed by atoms with Gasteiger partial charge < -0.3 is 0 Å². The van der Waals surface area contributed by atoms with E-state index in [9.17, 15) is 0 Å². The van der Waals surface area contributed by atoms with Crippen LogP contribution in [-0.4, -0.2) is 0 Å². The van der Waals surface area contributed by atoms with Crippen molar-refractivity contribution in [3.63, 3.8) is 0 Å². The summed E-state index contributed by atoms with van der Waals surface area (Å²) in [6.07, 6.45) is 7.10. The van der Waals surface area contributed by atoms with Crippen molar-refractivity contribution in [3.05, 3.63) is 144 Å². The summed E-state index contributed by atoms with van der Waals surface area (Å²) in [6.45, 7) is 0. The summed E-state index contributed by atoms with van der Waals surface area (Å²) in [5.74, 6) is 0. The summed E-state index contributed by atoms with van der Waals surface area (Å²) in [5.41, 5.74) is 0. The van der Waals surface area contributed by atoms with E-state index in [1.807, 2.05) is 0 Å². The Hall–Kier alpha value is -2.26. The Labute approximate surface area is 204 Å². The smallest absolute Gasteiger partial charge is 0 e. The van der Waals surface area contributed by atoms with Crippen molar-refractivity contribution in [2.75, 3.05) is 0 Å². The molecule has 0 nitrogen and oxygen atoms in total. The van der Waals surface area contributed by atoms with E-state index < -0.39 is 15.8 Å². The Morgan fingerprint density at radius 1 is 0.469 bits per heavy atom. The van der Waals surface area contributed by atoms with Gasteiger partial charge in [0.05, 0.1) is 0 Å². The molecule has 4 aromatic carbocycles. The van der Waals surface area contributed by atoms with E-state index >= 15 is 0 Å². The molecule has 0 bridgehead atoms. The summed E-state index contributed by atoms with van der Waals surface area (Å²) >= 11 is 0. The summed E-state index contributed by atoms with van der Waals surface area (Å²) in [4.78, 5) is 0. The van der Waals surface area contributed by atoms with Gasteiger partial charge in [-0.3, -0.25) is 6.08 Å². The van der Waals surface area contributed by atoms with Gasteiger partial charge in [-0.2, -0.15) is 16.7 Å². The predicted octanol–water partition coefficient (Wildman–Crippen LogP) is 6.22. The maximum absolute atomic E-state index is 3.79. The van der Waals surface area contributed by atoms with Crippen molar-refractivity contribution in [1.29, 1.82) is 0 Å². The first-order valence-corrected chi connectivity index (χ1v) is 13.2. The molecular formula is C29H23FeP2-. The number of hydrogen-bond acceptors (Lipinski definition) is 0. The normalized spacial score (nSPS) is 12.9. The van der Waals surface area contributed by atoms with Crippen molar-refractivity contribution >= 4 is 37.1 Å². The molecule has 4 aromatic rings. The zero-order chi connectivity index (χ0) is 20.9. The minimum absolute atomic E-state index is 0. The van der Waals surface area contributed by atoms with Gasteiger partial charge in [-0.25, -0.2) is 0 Å². The maximum atomic E-state index is 3.79. The van der Waals surface area contributed by atoms with Crippen LogP contribution in [0.1, 0.15) is 6.42 Å². The average Bonchev–Trinajstić information content (AvgIpc) is 3.31. The third-order valence-corrected chi connectivity index (χ3v) is 10.5. The zero-order valence-corrected chi connectivity index (χ0v) is 20.5. The van der Waals surface area contributed by atoms with Crippen LogP contribution in [0.4, 0.5) is 0 Å². The first-order chi connectivity index (χ1) is 15.4. The van der Waals surface area contributed by atoms with Crippen molar-refractivity contribution in [3.8, 4) is 0 Å². The largest absolute Gasteiger partial charge is 0.264 e. The van der Waals surface area contributed by atoms with Crippen LogP contribution < -0.4 is 21.2 Å². The number of rotatable bonds is 6. The molecule has 0 unspecified atom stereocenters. The molecule has 0 saturated carbocycles. The third kappa shape index (κ3) is 4.88. The van der Waals surface area contributed by atoms with E-state index in [-0.39, 0.29) is 17.1 Å². The summed E-state index contributed by atoms with van der Waals surface area (Å²) < 4.78 is 0. The van der Waals surface area contributed by atoms with Gasteiger partial charge in [-0.05, 0) is 29.1 Å². The van der Waals surface area contributed by atoms with Gasteiger partial charge in [-0.1, -0.05) is 129 Å².